The Labute approximate surface area is 148 Å². The van der Waals surface area contributed by atoms with Gasteiger partial charge < -0.3 is 5.11 Å². The highest BCUT2D eigenvalue weighted by molar-refractivity contribution is 5.60. The Bertz CT molecular complexity index is 791. The van der Waals surface area contributed by atoms with Gasteiger partial charge in [-0.1, -0.05) is 18.6 Å². The van der Waals surface area contributed by atoms with E-state index in [4.69, 9.17) is 0 Å². The number of hydrogen-bond donors (Lipinski definition) is 1. The van der Waals surface area contributed by atoms with Crippen LogP contribution in [0.1, 0.15) is 44.4 Å². The fourth-order valence-electron chi connectivity index (χ4n) is 3.57. The van der Waals surface area contributed by atoms with Crippen LogP contribution in [0.4, 0.5) is 4.39 Å². The lowest BCUT2D eigenvalue weighted by Gasteiger charge is -2.35. The molecule has 3 rings (SSSR count). The molecule has 0 bridgehead atoms. The summed E-state index contributed by atoms with van der Waals surface area (Å²) in [5.74, 6) is -0.252. The molecule has 4 heteroatoms. The van der Waals surface area contributed by atoms with Gasteiger partial charge in [-0.2, -0.15) is 5.10 Å². The number of halogens is 1. The molecule has 0 aliphatic heterocycles. The second kappa shape index (κ2) is 6.96. The Morgan fingerprint density at radius 3 is 2.80 bits per heavy atom. The van der Waals surface area contributed by atoms with Crippen LogP contribution in [0.3, 0.4) is 0 Å². The molecule has 2 atom stereocenters. The van der Waals surface area contributed by atoms with Gasteiger partial charge in [-0.05, 0) is 73.9 Å². The van der Waals surface area contributed by atoms with Gasteiger partial charge in [-0.25, -0.2) is 9.07 Å². The summed E-state index contributed by atoms with van der Waals surface area (Å²) >= 11 is 0. The average Bonchev–Trinajstić information content (AvgIpc) is 2.96. The molecule has 0 saturated heterocycles. The normalized spacial score (nSPS) is 20.7. The molecule has 0 saturated carbocycles. The van der Waals surface area contributed by atoms with Gasteiger partial charge in [0.15, 0.2) is 0 Å². The van der Waals surface area contributed by atoms with Crippen LogP contribution < -0.4 is 0 Å². The highest BCUT2D eigenvalue weighted by Crippen LogP contribution is 2.42. The van der Waals surface area contributed by atoms with E-state index in [0.717, 1.165) is 42.6 Å². The second-order valence-electron chi connectivity index (χ2n) is 7.23. The standard InChI is InChI=1S/C21H25FN2O/c1-4-5-6-19(25)13-21(3)12-16-14-23-24(20(16)11-15(21)2)18-9-7-17(22)8-10-18/h4,7-11,14,19,25H,1,5-6,12-13H2,2-3H3. The zero-order valence-corrected chi connectivity index (χ0v) is 14.9. The van der Waals surface area contributed by atoms with E-state index in [1.807, 2.05) is 17.0 Å². The molecule has 0 spiro atoms. The van der Waals surface area contributed by atoms with E-state index >= 15 is 0 Å². The topological polar surface area (TPSA) is 38.1 Å². The van der Waals surface area contributed by atoms with Crippen molar-refractivity contribution < 1.29 is 9.50 Å². The molecule has 1 aromatic carbocycles. The molecule has 1 N–H and O–H groups in total. The van der Waals surface area contributed by atoms with Crippen LogP contribution >= 0.6 is 0 Å². The second-order valence-corrected chi connectivity index (χ2v) is 7.23. The minimum Gasteiger partial charge on any atom is -0.393 e. The van der Waals surface area contributed by atoms with Gasteiger partial charge >= 0.3 is 0 Å². The Kier molecular flexibility index (Phi) is 4.91. The minimum atomic E-state index is -0.333. The van der Waals surface area contributed by atoms with Crippen molar-refractivity contribution >= 4 is 6.08 Å². The first-order valence-corrected chi connectivity index (χ1v) is 8.73. The van der Waals surface area contributed by atoms with E-state index in [9.17, 15) is 9.50 Å². The summed E-state index contributed by atoms with van der Waals surface area (Å²) in [6, 6.07) is 6.36. The summed E-state index contributed by atoms with van der Waals surface area (Å²) in [5.41, 5.74) is 4.21. The number of aliphatic hydroxyl groups excluding tert-OH is 1. The number of hydrogen-bond acceptors (Lipinski definition) is 2. The van der Waals surface area contributed by atoms with Crippen LogP contribution in [0, 0.1) is 11.2 Å². The maximum absolute atomic E-state index is 13.2. The van der Waals surface area contributed by atoms with E-state index in [0.29, 0.717) is 0 Å². The van der Waals surface area contributed by atoms with Crippen molar-refractivity contribution in [3.63, 3.8) is 0 Å². The van der Waals surface area contributed by atoms with Gasteiger partial charge in [0, 0.05) is 0 Å². The SMILES string of the molecule is C=CCCC(O)CC1(C)Cc2cnn(-c3ccc(F)cc3)c2C=C1C. The van der Waals surface area contributed by atoms with E-state index < -0.39 is 0 Å². The number of aliphatic hydroxyl groups is 1. The van der Waals surface area contributed by atoms with Gasteiger partial charge in [0.25, 0.3) is 0 Å². The molecular weight excluding hydrogens is 315 g/mol. The fraction of sp³-hybridized carbons (Fsp3) is 0.381. The van der Waals surface area contributed by atoms with Crippen molar-refractivity contribution in [3.8, 4) is 5.69 Å². The lowest BCUT2D eigenvalue weighted by atomic mass is 9.70. The molecule has 1 heterocycles. The number of aromatic nitrogens is 2. The van der Waals surface area contributed by atoms with E-state index in [-0.39, 0.29) is 17.3 Å². The third-order valence-electron chi connectivity index (χ3n) is 5.23. The lowest BCUT2D eigenvalue weighted by Crippen LogP contribution is -2.29. The number of benzene rings is 1. The highest BCUT2D eigenvalue weighted by Gasteiger charge is 2.34. The van der Waals surface area contributed by atoms with Crippen molar-refractivity contribution in [1.82, 2.24) is 9.78 Å². The number of nitrogens with zero attached hydrogens (tertiary/aromatic N) is 2. The third-order valence-corrected chi connectivity index (χ3v) is 5.23. The summed E-state index contributed by atoms with van der Waals surface area (Å²) < 4.78 is 15.0. The lowest BCUT2D eigenvalue weighted by molar-refractivity contribution is 0.113. The minimum absolute atomic E-state index is 0.0791. The Hall–Kier alpha value is -2.20. The first-order chi connectivity index (χ1) is 11.9. The van der Waals surface area contributed by atoms with Gasteiger partial charge in [-0.3, -0.25) is 0 Å². The predicted octanol–water partition coefficient (Wildman–Crippen LogP) is 4.69. The van der Waals surface area contributed by atoms with Gasteiger partial charge in [-0.15, -0.1) is 6.58 Å². The monoisotopic (exact) mass is 340 g/mol. The van der Waals surface area contributed by atoms with Crippen LogP contribution in [0.5, 0.6) is 0 Å². The van der Waals surface area contributed by atoms with Gasteiger partial charge in [0.1, 0.15) is 5.82 Å². The number of fused-ring (bicyclic) bond motifs is 1. The van der Waals surface area contributed by atoms with Gasteiger partial charge in [0.05, 0.1) is 23.7 Å². The van der Waals surface area contributed by atoms with Crippen LogP contribution in [0.15, 0.2) is 48.7 Å². The fourth-order valence-corrected chi connectivity index (χ4v) is 3.57. The van der Waals surface area contributed by atoms with E-state index in [1.165, 1.54) is 17.7 Å². The Morgan fingerprint density at radius 1 is 1.40 bits per heavy atom. The number of allylic oxidation sites excluding steroid dienone is 2. The molecule has 132 valence electrons. The van der Waals surface area contributed by atoms with Crippen molar-refractivity contribution in [1.29, 1.82) is 0 Å². The zero-order chi connectivity index (χ0) is 18.0. The highest BCUT2D eigenvalue weighted by atomic mass is 19.1. The first-order valence-electron chi connectivity index (χ1n) is 8.73. The molecule has 1 aliphatic carbocycles. The largest absolute Gasteiger partial charge is 0.393 e. The summed E-state index contributed by atoms with van der Waals surface area (Å²) in [4.78, 5) is 0. The predicted molar refractivity (Wildman–Crippen MR) is 99.0 cm³/mol. The maximum Gasteiger partial charge on any atom is 0.123 e. The average molecular weight is 340 g/mol. The molecular formula is C21H25FN2O. The molecule has 2 aromatic rings. The smallest absolute Gasteiger partial charge is 0.123 e. The van der Waals surface area contributed by atoms with Crippen LogP contribution in [0.25, 0.3) is 11.8 Å². The maximum atomic E-state index is 13.2. The summed E-state index contributed by atoms with van der Waals surface area (Å²) in [6.07, 6.45) is 8.69. The van der Waals surface area contributed by atoms with E-state index in [2.05, 4.69) is 31.6 Å². The first kappa shape index (κ1) is 17.6. The summed E-state index contributed by atoms with van der Waals surface area (Å²) in [6.45, 7) is 8.04. The van der Waals surface area contributed by atoms with Crippen molar-refractivity contribution in [3.05, 3.63) is 65.8 Å². The Balaban J connectivity index is 1.86. The summed E-state index contributed by atoms with van der Waals surface area (Å²) in [7, 11) is 0. The molecule has 25 heavy (non-hydrogen) atoms. The molecule has 3 nitrogen and oxygen atoms in total. The Morgan fingerprint density at radius 2 is 2.12 bits per heavy atom. The van der Waals surface area contributed by atoms with Crippen molar-refractivity contribution in [2.24, 2.45) is 5.41 Å². The molecule has 2 unspecified atom stereocenters. The number of rotatable bonds is 6. The summed E-state index contributed by atoms with van der Waals surface area (Å²) in [5, 5.41) is 14.8. The van der Waals surface area contributed by atoms with Crippen LogP contribution in [0.2, 0.25) is 0 Å². The van der Waals surface area contributed by atoms with Crippen LogP contribution in [-0.2, 0) is 6.42 Å². The molecule has 0 fully saturated rings. The third kappa shape index (κ3) is 3.59. The zero-order valence-electron chi connectivity index (χ0n) is 14.9. The van der Waals surface area contributed by atoms with Crippen molar-refractivity contribution in [2.45, 2.75) is 45.6 Å². The van der Waals surface area contributed by atoms with Crippen LogP contribution in [-0.4, -0.2) is 21.0 Å². The van der Waals surface area contributed by atoms with Crippen molar-refractivity contribution in [2.75, 3.05) is 0 Å². The molecule has 0 amide bonds. The molecule has 1 aliphatic rings. The van der Waals surface area contributed by atoms with E-state index in [1.54, 1.807) is 12.1 Å². The quantitative estimate of drug-likeness (QED) is 0.775. The molecule has 0 radical (unpaired) electrons. The molecule has 1 aromatic heterocycles. The van der Waals surface area contributed by atoms with Gasteiger partial charge in [0.2, 0.25) is 0 Å².